The quantitative estimate of drug-likeness (QED) is 0.0552. The van der Waals surface area contributed by atoms with E-state index in [-0.39, 0.29) is 17.0 Å². The molecular formula is C96H185N11O. The van der Waals surface area contributed by atoms with Gasteiger partial charge in [-0.2, -0.15) is 0 Å². The van der Waals surface area contributed by atoms with Crippen molar-refractivity contribution in [2.75, 3.05) is 131 Å². The first-order valence-corrected chi connectivity index (χ1v) is 46.1. The summed E-state index contributed by atoms with van der Waals surface area (Å²) in [7, 11) is 2.28. The molecule has 0 saturated carbocycles. The molecular weight excluding hydrogens is 1320 g/mol. The van der Waals surface area contributed by atoms with Gasteiger partial charge in [-0.25, -0.2) is 0 Å². The van der Waals surface area contributed by atoms with Gasteiger partial charge < -0.3 is 20.4 Å². The first-order valence-electron chi connectivity index (χ1n) is 46.1. The van der Waals surface area contributed by atoms with Crippen LogP contribution in [0, 0.1) is 23.2 Å². The van der Waals surface area contributed by atoms with Crippen LogP contribution in [0.4, 0.5) is 0 Å². The molecule has 12 heteroatoms. The number of hydrogen-bond donors (Lipinski definition) is 2. The number of likely N-dealkylation sites (tertiary alicyclic amines) is 8. The van der Waals surface area contributed by atoms with Gasteiger partial charge in [0.05, 0.1) is 0 Å². The molecule has 2 N–H and O–H groups in total. The molecule has 8 saturated heterocycles. The molecule has 630 valence electrons. The number of likely N-dealkylation sites (N-methyl/N-ethyl adjacent to an activating group) is 1. The Bertz CT molecular complexity index is 2560. The molecule has 1 aromatic carbocycles. The van der Waals surface area contributed by atoms with Crippen molar-refractivity contribution in [1.29, 1.82) is 0 Å². The largest absolute Gasteiger partial charge is 0.356 e. The number of aryl methyl sites for hydroxylation is 1. The zero-order valence-electron chi connectivity index (χ0n) is 76.9. The van der Waals surface area contributed by atoms with Crippen LogP contribution < -0.4 is 10.6 Å². The number of unbranched alkanes of at least 4 members (excludes halogenated alkanes) is 14. The van der Waals surface area contributed by atoms with Crippen LogP contribution in [0.3, 0.4) is 0 Å². The summed E-state index contributed by atoms with van der Waals surface area (Å²) >= 11 is 0. The predicted octanol–water partition coefficient (Wildman–Crippen LogP) is 21.1. The third-order valence-electron chi connectivity index (χ3n) is 25.6. The second-order valence-electron chi connectivity index (χ2n) is 41.3. The third-order valence-corrected chi connectivity index (χ3v) is 25.6. The van der Waals surface area contributed by atoms with Gasteiger partial charge in [-0.3, -0.25) is 39.1 Å². The number of piperidine rings is 1. The topological polar surface area (TPSA) is 70.3 Å². The van der Waals surface area contributed by atoms with Gasteiger partial charge in [-0.05, 0) is 324 Å². The van der Waals surface area contributed by atoms with E-state index < -0.39 is 0 Å². The SMILES string of the molecule is CC#CCCCCCCN1CCC(N(C)C(C)(C)C)C1.CCCCCC(=O)NCC1CCCN(C(C)(C)C)C1.CCCCCN1CC2(CCCN2C(C)(C)C)C1.CCCCCN1CC2(CCN(C(C)(C)C)C2)C1.CCCCCNC1CCN(C(C)(C)C)C1.CCCCCc1ccc(C2CCCN2C(C)(C)C)cc1. The second-order valence-corrected chi connectivity index (χ2v) is 41.3. The van der Waals surface area contributed by atoms with Gasteiger partial charge in [0.25, 0.3) is 0 Å². The number of rotatable bonds is 31. The molecule has 8 aliphatic rings. The van der Waals surface area contributed by atoms with E-state index in [1.807, 2.05) is 6.92 Å². The molecule has 2 spiro atoms. The molecule has 0 bridgehead atoms. The molecule has 108 heavy (non-hydrogen) atoms. The van der Waals surface area contributed by atoms with Crippen LogP contribution in [0.2, 0.25) is 0 Å². The molecule has 0 aromatic heterocycles. The number of benzene rings is 1. The van der Waals surface area contributed by atoms with Gasteiger partial charge in [0.2, 0.25) is 5.91 Å². The molecule has 4 atom stereocenters. The van der Waals surface area contributed by atoms with Crippen LogP contribution in [0.5, 0.6) is 0 Å². The summed E-state index contributed by atoms with van der Waals surface area (Å²) in [5, 5.41) is 6.79. The average Bonchev–Trinajstić information content (AvgIpc) is 1.54. The third kappa shape index (κ3) is 36.3. The van der Waals surface area contributed by atoms with E-state index in [0.717, 1.165) is 44.4 Å². The van der Waals surface area contributed by atoms with Gasteiger partial charge in [-0.15, -0.1) is 11.8 Å². The maximum absolute atomic E-state index is 11.7. The maximum atomic E-state index is 11.7. The smallest absolute Gasteiger partial charge is 0.220 e. The van der Waals surface area contributed by atoms with Crippen molar-refractivity contribution in [1.82, 2.24) is 54.7 Å². The van der Waals surface area contributed by atoms with Crippen LogP contribution >= 0.6 is 0 Å². The number of carbonyl (C=O) groups excluding carboxylic acids is 1. The summed E-state index contributed by atoms with van der Waals surface area (Å²) in [5.41, 5.74) is 6.12. The van der Waals surface area contributed by atoms with E-state index in [1.54, 1.807) is 0 Å². The normalized spacial score (nSPS) is 22.6. The van der Waals surface area contributed by atoms with Crippen molar-refractivity contribution >= 4 is 5.91 Å². The minimum Gasteiger partial charge on any atom is -0.356 e. The zero-order valence-corrected chi connectivity index (χ0v) is 76.9. The fourth-order valence-electron chi connectivity index (χ4n) is 18.5. The van der Waals surface area contributed by atoms with Crippen molar-refractivity contribution in [3.63, 3.8) is 0 Å². The maximum Gasteiger partial charge on any atom is 0.220 e. The number of nitrogens with one attached hydrogen (secondary N) is 2. The minimum absolute atomic E-state index is 0.237. The zero-order chi connectivity index (χ0) is 80.2. The lowest BCUT2D eigenvalue weighted by Crippen LogP contribution is -2.70. The van der Waals surface area contributed by atoms with E-state index >= 15 is 0 Å². The molecule has 1 amide bonds. The highest BCUT2D eigenvalue weighted by Gasteiger charge is 2.53. The highest BCUT2D eigenvalue weighted by molar-refractivity contribution is 5.75. The molecule has 12 nitrogen and oxygen atoms in total. The molecule has 1 aromatic rings. The monoisotopic (exact) mass is 1510 g/mol. The Morgan fingerprint density at radius 1 is 0.500 bits per heavy atom. The van der Waals surface area contributed by atoms with E-state index in [4.69, 9.17) is 0 Å². The Hall–Kier alpha value is -2.15. The van der Waals surface area contributed by atoms with Crippen LogP contribution in [0.15, 0.2) is 24.3 Å². The predicted molar refractivity (Wildman–Crippen MR) is 474 cm³/mol. The highest BCUT2D eigenvalue weighted by Crippen LogP contribution is 2.44. The lowest BCUT2D eigenvalue weighted by Gasteiger charge is -2.57. The van der Waals surface area contributed by atoms with E-state index in [1.165, 1.54) is 296 Å². The Kier molecular flexibility index (Phi) is 44.6. The number of carbonyl (C=O) groups is 1. The summed E-state index contributed by atoms with van der Waals surface area (Å²) in [6, 6.07) is 11.6. The first kappa shape index (κ1) is 98.2. The first-order chi connectivity index (χ1) is 50.9. The molecule has 8 fully saturated rings. The fourth-order valence-corrected chi connectivity index (χ4v) is 18.5. The lowest BCUT2D eigenvalue weighted by molar-refractivity contribution is -0.121. The van der Waals surface area contributed by atoms with E-state index in [0.29, 0.717) is 51.5 Å². The molecule has 8 heterocycles. The van der Waals surface area contributed by atoms with Gasteiger partial charge >= 0.3 is 0 Å². The summed E-state index contributed by atoms with van der Waals surface area (Å²) in [6.45, 7) is 79.1. The second kappa shape index (κ2) is 49.0. The molecule has 8 aliphatic heterocycles. The summed E-state index contributed by atoms with van der Waals surface area (Å²) < 4.78 is 0. The molecule has 0 radical (unpaired) electrons. The van der Waals surface area contributed by atoms with Crippen molar-refractivity contribution in [3.05, 3.63) is 35.4 Å². The van der Waals surface area contributed by atoms with Gasteiger partial charge in [0.1, 0.15) is 0 Å². The summed E-state index contributed by atoms with van der Waals surface area (Å²) in [4.78, 5) is 35.5. The highest BCUT2D eigenvalue weighted by atomic mass is 16.1. The standard InChI is InChI=1S/C19H31N.C18H34N2.C16H32N2O.2C15H30N2.C13H28N2/c1-5-6-7-9-16-11-13-17(14-12-16)18-10-8-15-20(18)19(2,3)4;1-6-7-8-9-10-11-12-14-20-15-13-17(16-20)19(5)18(2,3)4;1-5-6-7-10-15(19)17-12-14-9-8-11-18(13-14)16(2,3)4;1-5-6-7-10-16-12-15(13-16)9-8-11-17(15)14(2,3)4;1-5-6-7-9-16-11-15(12-16)8-10-17(13-15)14(2,3)4;1-5-6-7-9-14-12-8-10-15(11-12)13(2,3)4/h11-14,18H,5-10,15H2,1-4H3;17H,8-16H2,1-5H3;14H,5-13H2,1-4H3,(H,17,19);2*5-13H2,1-4H3;12,14H,5-11H2,1-4H3. The summed E-state index contributed by atoms with van der Waals surface area (Å²) in [6.07, 6.45) is 40.1. The Morgan fingerprint density at radius 2 is 1.06 bits per heavy atom. The number of hydrogen-bond acceptors (Lipinski definition) is 11. The van der Waals surface area contributed by atoms with Crippen LogP contribution in [-0.4, -0.2) is 232 Å². The minimum atomic E-state index is 0.237. The van der Waals surface area contributed by atoms with E-state index in [9.17, 15) is 4.79 Å². The number of amides is 1. The van der Waals surface area contributed by atoms with Gasteiger partial charge in [-0.1, -0.05) is 136 Å². The van der Waals surface area contributed by atoms with Crippen LogP contribution in [0.1, 0.15) is 376 Å². The van der Waals surface area contributed by atoms with Crippen LogP contribution in [-0.2, 0) is 11.2 Å². The Balaban J connectivity index is 0.000000274. The van der Waals surface area contributed by atoms with E-state index in [2.05, 4.69) is 257 Å². The fraction of sp³-hybridized carbons (Fsp3) is 0.906. The van der Waals surface area contributed by atoms with Gasteiger partial charge in [0, 0.05) is 141 Å². The van der Waals surface area contributed by atoms with Crippen LogP contribution in [0.25, 0.3) is 0 Å². The summed E-state index contributed by atoms with van der Waals surface area (Å²) in [5.74, 6) is 6.98. The van der Waals surface area contributed by atoms with Crippen molar-refractivity contribution in [3.8, 4) is 11.8 Å². The van der Waals surface area contributed by atoms with Crippen molar-refractivity contribution < 1.29 is 4.79 Å². The Labute approximate surface area is 673 Å². The molecule has 9 rings (SSSR count). The lowest BCUT2D eigenvalue weighted by atomic mass is 9.79. The molecule has 0 aliphatic carbocycles. The Morgan fingerprint density at radius 3 is 1.62 bits per heavy atom. The van der Waals surface area contributed by atoms with Crippen molar-refractivity contribution in [2.45, 2.75) is 422 Å². The number of nitrogens with zero attached hydrogens (tertiary/aromatic N) is 9. The average molecular weight is 1510 g/mol. The van der Waals surface area contributed by atoms with Gasteiger partial charge in [0.15, 0.2) is 0 Å². The van der Waals surface area contributed by atoms with Crippen molar-refractivity contribution in [2.24, 2.45) is 11.3 Å². The molecule has 4 unspecified atom stereocenters.